The lowest BCUT2D eigenvalue weighted by atomic mass is 9.43. The summed E-state index contributed by atoms with van der Waals surface area (Å²) in [6.07, 6.45) is 10.0. The highest BCUT2D eigenvalue weighted by molar-refractivity contribution is 5.75. The van der Waals surface area contributed by atoms with Crippen LogP contribution >= 0.6 is 0 Å². The average Bonchev–Trinajstić information content (AvgIpc) is 3.15. The first-order valence-electron chi connectivity index (χ1n) is 13.9. The van der Waals surface area contributed by atoms with Crippen molar-refractivity contribution >= 4 is 11.9 Å². The number of carbonyl (C=O) groups is 2. The van der Waals surface area contributed by atoms with E-state index in [1.54, 1.807) is 0 Å². The molecule has 0 aliphatic heterocycles. The van der Waals surface area contributed by atoms with E-state index in [9.17, 15) is 19.8 Å². The van der Waals surface area contributed by atoms with E-state index < -0.39 is 5.97 Å². The molecular weight excluding hydrogens is 430 g/mol. The van der Waals surface area contributed by atoms with E-state index in [1.807, 2.05) is 0 Å². The Morgan fingerprint density at radius 2 is 1.76 bits per heavy atom. The van der Waals surface area contributed by atoms with Crippen LogP contribution in [0.2, 0.25) is 0 Å². The number of amides is 1. The van der Waals surface area contributed by atoms with E-state index in [-0.39, 0.29) is 35.4 Å². The van der Waals surface area contributed by atoms with Crippen LogP contribution in [0.1, 0.15) is 97.8 Å². The van der Waals surface area contributed by atoms with Crippen molar-refractivity contribution in [3.63, 3.8) is 0 Å². The molecule has 34 heavy (non-hydrogen) atoms. The molecule has 4 N–H and O–H groups in total. The van der Waals surface area contributed by atoms with Crippen molar-refractivity contribution in [1.82, 2.24) is 5.32 Å². The lowest BCUT2D eigenvalue weighted by Crippen LogP contribution is -2.58. The molecule has 4 rings (SSSR count). The Bertz CT molecular complexity index is 757. The molecule has 0 aromatic rings. The third-order valence-corrected chi connectivity index (χ3v) is 11.2. The molecule has 194 valence electrons. The third-order valence-electron chi connectivity index (χ3n) is 11.2. The van der Waals surface area contributed by atoms with Gasteiger partial charge in [-0.15, -0.1) is 0 Å². The molecule has 4 fully saturated rings. The van der Waals surface area contributed by atoms with Gasteiger partial charge in [-0.1, -0.05) is 20.8 Å². The van der Waals surface area contributed by atoms with Crippen molar-refractivity contribution in [1.29, 1.82) is 0 Å². The summed E-state index contributed by atoms with van der Waals surface area (Å²) in [7, 11) is 0. The maximum Gasteiger partial charge on any atom is 0.303 e. The SMILES string of the molecule is C[C@@H](CCC(=O)NCCCC(=O)O)[C@@H]1CC[C@@H]2[C@H]3CC[C@H]4C[C@@H](O)CC[C@@]4(C)[C@@H]3C[C@@H](O)[C@]21C. The monoisotopic (exact) mass is 477 g/mol. The van der Waals surface area contributed by atoms with Crippen molar-refractivity contribution in [3.05, 3.63) is 0 Å². The Labute approximate surface area is 205 Å². The highest BCUT2D eigenvalue weighted by Crippen LogP contribution is 2.68. The number of carboxylic acids is 1. The van der Waals surface area contributed by atoms with Gasteiger partial charge in [0.15, 0.2) is 0 Å². The van der Waals surface area contributed by atoms with Crippen molar-refractivity contribution < 1.29 is 24.9 Å². The van der Waals surface area contributed by atoms with E-state index >= 15 is 0 Å². The Morgan fingerprint density at radius 3 is 2.50 bits per heavy atom. The van der Waals surface area contributed by atoms with Gasteiger partial charge in [0.25, 0.3) is 0 Å². The van der Waals surface area contributed by atoms with E-state index in [1.165, 1.54) is 19.3 Å². The smallest absolute Gasteiger partial charge is 0.303 e. The minimum atomic E-state index is -0.830. The quantitative estimate of drug-likeness (QED) is 0.388. The third kappa shape index (κ3) is 4.66. The zero-order valence-corrected chi connectivity index (χ0v) is 21.5. The summed E-state index contributed by atoms with van der Waals surface area (Å²) >= 11 is 0. The lowest BCUT2D eigenvalue weighted by molar-refractivity contribution is -0.174. The molecule has 10 atom stereocenters. The number of aliphatic hydroxyl groups excluding tert-OH is 2. The summed E-state index contributed by atoms with van der Waals surface area (Å²) in [5, 5.41) is 33.5. The molecule has 1 amide bonds. The number of aliphatic hydroxyl groups is 2. The number of fused-ring (bicyclic) bond motifs is 5. The Morgan fingerprint density at radius 1 is 1.00 bits per heavy atom. The van der Waals surface area contributed by atoms with E-state index in [2.05, 4.69) is 26.1 Å². The van der Waals surface area contributed by atoms with Crippen LogP contribution in [0.3, 0.4) is 0 Å². The summed E-state index contributed by atoms with van der Waals surface area (Å²) in [6.45, 7) is 7.48. The second-order valence-electron chi connectivity index (χ2n) is 12.7. The van der Waals surface area contributed by atoms with E-state index in [4.69, 9.17) is 5.11 Å². The minimum Gasteiger partial charge on any atom is -0.481 e. The van der Waals surface area contributed by atoms with Gasteiger partial charge in [-0.2, -0.15) is 0 Å². The van der Waals surface area contributed by atoms with Gasteiger partial charge in [-0.25, -0.2) is 0 Å². The molecule has 0 aromatic heterocycles. The topological polar surface area (TPSA) is 107 Å². The minimum absolute atomic E-state index is 0.00642. The number of rotatable bonds is 8. The molecule has 0 radical (unpaired) electrons. The number of carbonyl (C=O) groups excluding carboxylic acids is 1. The van der Waals surface area contributed by atoms with Crippen molar-refractivity contribution in [2.75, 3.05) is 6.54 Å². The first kappa shape index (κ1) is 25.9. The van der Waals surface area contributed by atoms with Gasteiger partial charge in [0, 0.05) is 19.4 Å². The molecule has 4 saturated carbocycles. The van der Waals surface area contributed by atoms with Gasteiger partial charge in [-0.3, -0.25) is 9.59 Å². The highest BCUT2D eigenvalue weighted by atomic mass is 16.4. The molecule has 0 aromatic carbocycles. The van der Waals surface area contributed by atoms with Crippen molar-refractivity contribution in [3.8, 4) is 0 Å². The predicted molar refractivity (Wildman–Crippen MR) is 131 cm³/mol. The Hall–Kier alpha value is -1.14. The molecule has 0 heterocycles. The molecule has 4 aliphatic rings. The van der Waals surface area contributed by atoms with E-state index in [0.29, 0.717) is 54.9 Å². The fourth-order valence-corrected chi connectivity index (χ4v) is 9.28. The van der Waals surface area contributed by atoms with Crippen LogP contribution in [0.4, 0.5) is 0 Å². The maximum atomic E-state index is 12.3. The van der Waals surface area contributed by atoms with Crippen LogP contribution in [0.25, 0.3) is 0 Å². The van der Waals surface area contributed by atoms with Gasteiger partial charge >= 0.3 is 5.97 Å². The predicted octanol–water partition coefficient (Wildman–Crippen LogP) is 4.37. The lowest BCUT2D eigenvalue weighted by Gasteiger charge is -2.62. The van der Waals surface area contributed by atoms with Gasteiger partial charge < -0.3 is 20.6 Å². The van der Waals surface area contributed by atoms with Crippen molar-refractivity contribution in [2.45, 2.75) is 110 Å². The molecule has 0 spiro atoms. The van der Waals surface area contributed by atoms with Gasteiger partial charge in [0.1, 0.15) is 0 Å². The average molecular weight is 478 g/mol. The van der Waals surface area contributed by atoms with Gasteiger partial charge in [0.05, 0.1) is 12.2 Å². The van der Waals surface area contributed by atoms with Gasteiger partial charge in [0.2, 0.25) is 5.91 Å². The Balaban J connectivity index is 1.37. The first-order valence-corrected chi connectivity index (χ1v) is 13.9. The zero-order chi connectivity index (χ0) is 24.7. The second-order valence-corrected chi connectivity index (χ2v) is 12.7. The fourth-order valence-electron chi connectivity index (χ4n) is 9.28. The summed E-state index contributed by atoms with van der Waals surface area (Å²) in [4.78, 5) is 22.9. The number of nitrogens with one attached hydrogen (secondary N) is 1. The normalized spacial score (nSPS) is 44.4. The van der Waals surface area contributed by atoms with Crippen molar-refractivity contribution in [2.24, 2.45) is 46.3 Å². The molecule has 0 bridgehead atoms. The zero-order valence-electron chi connectivity index (χ0n) is 21.5. The number of hydrogen-bond acceptors (Lipinski definition) is 4. The summed E-state index contributed by atoms with van der Waals surface area (Å²) in [5.41, 5.74) is 0.183. The molecule has 4 aliphatic carbocycles. The molecule has 6 nitrogen and oxygen atoms in total. The summed E-state index contributed by atoms with van der Waals surface area (Å²) < 4.78 is 0. The van der Waals surface area contributed by atoms with E-state index in [0.717, 1.165) is 38.5 Å². The number of aliphatic carboxylic acids is 1. The van der Waals surface area contributed by atoms with Gasteiger partial charge in [-0.05, 0) is 111 Å². The molecule has 0 unspecified atom stereocenters. The first-order chi connectivity index (χ1) is 16.1. The van der Waals surface area contributed by atoms with Crippen LogP contribution < -0.4 is 5.32 Å². The summed E-state index contributed by atoms with van der Waals surface area (Å²) in [5.74, 6) is 2.39. The highest BCUT2D eigenvalue weighted by Gasteiger charge is 2.63. The molecular formula is C28H47NO5. The maximum absolute atomic E-state index is 12.3. The molecule has 6 heteroatoms. The number of carboxylic acid groups (broad SMARTS) is 1. The van der Waals surface area contributed by atoms with Crippen LogP contribution in [0.15, 0.2) is 0 Å². The van der Waals surface area contributed by atoms with Crippen LogP contribution in [-0.4, -0.2) is 45.9 Å². The fraction of sp³-hybridized carbons (Fsp3) is 0.929. The van der Waals surface area contributed by atoms with Crippen LogP contribution in [0, 0.1) is 46.3 Å². The molecule has 0 saturated heterocycles. The van der Waals surface area contributed by atoms with Crippen LogP contribution in [0.5, 0.6) is 0 Å². The summed E-state index contributed by atoms with van der Waals surface area (Å²) in [6, 6.07) is 0. The Kier molecular flexibility index (Phi) is 7.69. The second kappa shape index (κ2) is 10.1. The largest absolute Gasteiger partial charge is 0.481 e. The standard InChI is InChI=1S/C28H47NO5/c1-17(6-11-25(32)29-14-4-5-26(33)34)21-9-10-22-20-8-7-18-15-19(30)12-13-27(18,2)23(20)16-24(31)28(21,22)3/h17-24,30-31H,4-16H2,1-3H3,(H,29,32)(H,33,34)/t17-,18-,19-,20+,21-,22+,23+,24+,27+,28-/m0/s1. The van der Waals surface area contributed by atoms with Crippen LogP contribution in [-0.2, 0) is 9.59 Å². The number of hydrogen-bond donors (Lipinski definition) is 4.